The molecule has 0 atom stereocenters. The highest BCUT2D eigenvalue weighted by Gasteiger charge is 2.08. The molecule has 0 bridgehead atoms. The van der Waals surface area contributed by atoms with E-state index in [0.29, 0.717) is 18.0 Å². The summed E-state index contributed by atoms with van der Waals surface area (Å²) in [5, 5.41) is 2.81. The van der Waals surface area contributed by atoms with Crippen molar-refractivity contribution in [3.63, 3.8) is 0 Å². The van der Waals surface area contributed by atoms with Gasteiger partial charge in [0.2, 0.25) is 0 Å². The van der Waals surface area contributed by atoms with E-state index in [1.54, 1.807) is 0 Å². The maximum atomic E-state index is 11.7. The maximum absolute atomic E-state index is 11.7. The Balaban J connectivity index is 2.65. The molecule has 1 aromatic carbocycles. The van der Waals surface area contributed by atoms with Gasteiger partial charge in [-0.15, -0.1) is 11.6 Å². The molecule has 0 aromatic heterocycles. The number of benzene rings is 1. The van der Waals surface area contributed by atoms with Crippen LogP contribution in [0.4, 0.5) is 0 Å². The van der Waals surface area contributed by atoms with Crippen molar-refractivity contribution in [2.75, 3.05) is 12.4 Å². The first-order valence-electron chi connectivity index (χ1n) is 4.75. The van der Waals surface area contributed by atoms with E-state index in [4.69, 9.17) is 11.6 Å². The van der Waals surface area contributed by atoms with Gasteiger partial charge in [0.15, 0.2) is 0 Å². The van der Waals surface area contributed by atoms with Crippen molar-refractivity contribution >= 4 is 33.4 Å². The topological polar surface area (TPSA) is 29.1 Å². The molecule has 1 N–H and O–H groups in total. The number of rotatable bonds is 4. The Labute approximate surface area is 103 Å². The number of hydrogen-bond acceptors (Lipinski definition) is 1. The average Bonchev–Trinajstić information content (AvgIpc) is 2.17. The summed E-state index contributed by atoms with van der Waals surface area (Å²) in [5.74, 6) is 0.502. The lowest BCUT2D eigenvalue weighted by molar-refractivity contribution is 0.0953. The quantitative estimate of drug-likeness (QED) is 0.670. The molecule has 0 aliphatic rings. The second-order valence-corrected chi connectivity index (χ2v) is 4.51. The van der Waals surface area contributed by atoms with Crippen molar-refractivity contribution in [3.05, 3.63) is 33.8 Å². The zero-order valence-electron chi connectivity index (χ0n) is 8.52. The van der Waals surface area contributed by atoms with Crippen LogP contribution in [0.2, 0.25) is 0 Å². The molecular weight excluding hydrogens is 277 g/mol. The molecule has 0 radical (unpaired) electrons. The minimum absolute atomic E-state index is 0.0630. The largest absolute Gasteiger partial charge is 0.352 e. The minimum atomic E-state index is -0.0630. The SMILES string of the molecule is Cc1ccc(C(=O)NCCCCl)c(Br)c1. The number of alkyl halides is 1. The molecule has 0 unspecified atom stereocenters. The number of carbonyl (C=O) groups is 1. The lowest BCUT2D eigenvalue weighted by atomic mass is 10.1. The highest BCUT2D eigenvalue weighted by molar-refractivity contribution is 9.10. The van der Waals surface area contributed by atoms with Crippen LogP contribution in [0.15, 0.2) is 22.7 Å². The van der Waals surface area contributed by atoms with Gasteiger partial charge in [0.1, 0.15) is 0 Å². The summed E-state index contributed by atoms with van der Waals surface area (Å²) < 4.78 is 0.825. The Bertz CT molecular complexity index is 354. The van der Waals surface area contributed by atoms with Crippen LogP contribution < -0.4 is 5.32 Å². The Morgan fingerprint density at radius 1 is 1.53 bits per heavy atom. The zero-order chi connectivity index (χ0) is 11.3. The third-order valence-electron chi connectivity index (χ3n) is 1.97. The van der Waals surface area contributed by atoms with E-state index in [2.05, 4.69) is 21.2 Å². The predicted octanol–water partition coefficient (Wildman–Crippen LogP) is 3.12. The fourth-order valence-corrected chi connectivity index (χ4v) is 1.98. The monoisotopic (exact) mass is 289 g/mol. The first-order chi connectivity index (χ1) is 7.15. The molecule has 82 valence electrons. The lowest BCUT2D eigenvalue weighted by Gasteiger charge is -2.06. The van der Waals surface area contributed by atoms with Crippen LogP contribution in [0.25, 0.3) is 0 Å². The Hall–Kier alpha value is -0.540. The minimum Gasteiger partial charge on any atom is -0.352 e. The van der Waals surface area contributed by atoms with E-state index in [1.165, 1.54) is 0 Å². The molecule has 1 amide bonds. The Kier molecular flexibility index (Phi) is 5.12. The van der Waals surface area contributed by atoms with Gasteiger partial charge >= 0.3 is 0 Å². The molecule has 0 aliphatic heterocycles. The molecule has 0 saturated heterocycles. The number of halogens is 2. The molecule has 0 spiro atoms. The van der Waals surface area contributed by atoms with Crippen molar-refractivity contribution in [1.29, 1.82) is 0 Å². The standard InChI is InChI=1S/C11H13BrClNO/c1-8-3-4-9(10(12)7-8)11(15)14-6-2-5-13/h3-4,7H,2,5-6H2,1H3,(H,14,15). The highest BCUT2D eigenvalue weighted by atomic mass is 79.9. The summed E-state index contributed by atoms with van der Waals surface area (Å²) in [4.78, 5) is 11.7. The van der Waals surface area contributed by atoms with Crippen molar-refractivity contribution in [3.8, 4) is 0 Å². The lowest BCUT2D eigenvalue weighted by Crippen LogP contribution is -2.25. The van der Waals surface area contributed by atoms with Gasteiger partial charge in [-0.1, -0.05) is 6.07 Å². The van der Waals surface area contributed by atoms with Crippen LogP contribution in [0.1, 0.15) is 22.3 Å². The zero-order valence-corrected chi connectivity index (χ0v) is 10.9. The third-order valence-corrected chi connectivity index (χ3v) is 2.89. The second-order valence-electron chi connectivity index (χ2n) is 3.28. The average molecular weight is 291 g/mol. The van der Waals surface area contributed by atoms with E-state index < -0.39 is 0 Å². The number of amides is 1. The molecular formula is C11H13BrClNO. The molecule has 0 saturated carbocycles. The second kappa shape index (κ2) is 6.13. The number of aryl methyl sites for hydroxylation is 1. The van der Waals surface area contributed by atoms with E-state index in [1.807, 2.05) is 25.1 Å². The van der Waals surface area contributed by atoms with Gasteiger partial charge in [-0.05, 0) is 47.0 Å². The summed E-state index contributed by atoms with van der Waals surface area (Å²) in [7, 11) is 0. The van der Waals surface area contributed by atoms with Crippen molar-refractivity contribution in [2.24, 2.45) is 0 Å². The molecule has 0 heterocycles. The van der Waals surface area contributed by atoms with Gasteiger partial charge in [0.05, 0.1) is 5.56 Å². The number of nitrogens with one attached hydrogen (secondary N) is 1. The van der Waals surface area contributed by atoms with Crippen LogP contribution in [-0.4, -0.2) is 18.3 Å². The fourth-order valence-electron chi connectivity index (χ4n) is 1.17. The van der Waals surface area contributed by atoms with E-state index in [0.717, 1.165) is 16.5 Å². The van der Waals surface area contributed by atoms with Gasteiger partial charge in [-0.3, -0.25) is 4.79 Å². The smallest absolute Gasteiger partial charge is 0.252 e. The normalized spacial score (nSPS) is 10.1. The Morgan fingerprint density at radius 2 is 2.27 bits per heavy atom. The number of carbonyl (C=O) groups excluding carboxylic acids is 1. The predicted molar refractivity (Wildman–Crippen MR) is 66.5 cm³/mol. The molecule has 2 nitrogen and oxygen atoms in total. The van der Waals surface area contributed by atoms with Gasteiger partial charge in [0, 0.05) is 16.9 Å². The van der Waals surface area contributed by atoms with E-state index >= 15 is 0 Å². The highest BCUT2D eigenvalue weighted by Crippen LogP contribution is 2.18. The van der Waals surface area contributed by atoms with Gasteiger partial charge in [0.25, 0.3) is 5.91 Å². The third kappa shape index (κ3) is 3.84. The summed E-state index contributed by atoms with van der Waals surface area (Å²) in [6.07, 6.45) is 0.788. The summed E-state index contributed by atoms with van der Waals surface area (Å²) in [6, 6.07) is 5.66. The maximum Gasteiger partial charge on any atom is 0.252 e. The van der Waals surface area contributed by atoms with E-state index in [-0.39, 0.29) is 5.91 Å². The molecule has 15 heavy (non-hydrogen) atoms. The van der Waals surface area contributed by atoms with Crippen LogP contribution in [0, 0.1) is 6.92 Å². The summed E-state index contributed by atoms with van der Waals surface area (Å²) in [5.41, 5.74) is 1.79. The van der Waals surface area contributed by atoms with Gasteiger partial charge in [-0.25, -0.2) is 0 Å². The van der Waals surface area contributed by atoms with Crippen LogP contribution in [0.3, 0.4) is 0 Å². The fraction of sp³-hybridized carbons (Fsp3) is 0.364. The van der Waals surface area contributed by atoms with Crippen LogP contribution in [-0.2, 0) is 0 Å². The van der Waals surface area contributed by atoms with Gasteiger partial charge in [-0.2, -0.15) is 0 Å². The molecule has 4 heteroatoms. The molecule has 1 rings (SSSR count). The van der Waals surface area contributed by atoms with Crippen molar-refractivity contribution in [1.82, 2.24) is 5.32 Å². The molecule has 0 fully saturated rings. The molecule has 1 aromatic rings. The Morgan fingerprint density at radius 3 is 2.87 bits per heavy atom. The summed E-state index contributed by atoms with van der Waals surface area (Å²) in [6.45, 7) is 2.60. The number of hydrogen-bond donors (Lipinski definition) is 1. The van der Waals surface area contributed by atoms with Crippen LogP contribution in [0.5, 0.6) is 0 Å². The first kappa shape index (κ1) is 12.5. The van der Waals surface area contributed by atoms with E-state index in [9.17, 15) is 4.79 Å². The first-order valence-corrected chi connectivity index (χ1v) is 6.08. The summed E-state index contributed by atoms with van der Waals surface area (Å²) >= 11 is 8.89. The van der Waals surface area contributed by atoms with Crippen LogP contribution >= 0.6 is 27.5 Å². The molecule has 0 aliphatic carbocycles. The van der Waals surface area contributed by atoms with Crippen molar-refractivity contribution < 1.29 is 4.79 Å². The van der Waals surface area contributed by atoms with Crippen molar-refractivity contribution in [2.45, 2.75) is 13.3 Å². The van der Waals surface area contributed by atoms with Gasteiger partial charge < -0.3 is 5.32 Å².